The van der Waals surface area contributed by atoms with Crippen molar-refractivity contribution in [1.29, 1.82) is 0 Å². The topological polar surface area (TPSA) is 54.4 Å². The Morgan fingerprint density at radius 3 is 1.45 bits per heavy atom. The first kappa shape index (κ1) is 10.9. The molecule has 0 rings (SSSR count). The van der Waals surface area contributed by atoms with Crippen molar-refractivity contribution in [2.24, 2.45) is 0 Å². The summed E-state index contributed by atoms with van der Waals surface area (Å²) in [5, 5.41) is 0. The highest BCUT2D eigenvalue weighted by Crippen LogP contribution is 2.41. The van der Waals surface area contributed by atoms with Crippen LogP contribution >= 0.6 is 11.6 Å². The third-order valence-electron chi connectivity index (χ3n) is 0.654. The van der Waals surface area contributed by atoms with Crippen LogP contribution in [-0.2, 0) is 10.1 Å². The van der Waals surface area contributed by atoms with E-state index in [9.17, 15) is 26.0 Å². The molecule has 0 saturated heterocycles. The van der Waals surface area contributed by atoms with Crippen molar-refractivity contribution in [1.82, 2.24) is 0 Å². The Morgan fingerprint density at radius 1 is 1.18 bits per heavy atom. The zero-order valence-corrected chi connectivity index (χ0v) is 6.13. The molecule has 0 aromatic heterocycles. The van der Waals surface area contributed by atoms with E-state index >= 15 is 0 Å². The largest absolute Gasteiger partial charge is 0.455 e. The third-order valence-corrected chi connectivity index (χ3v) is 2.33. The van der Waals surface area contributed by atoms with Crippen molar-refractivity contribution in [3.05, 3.63) is 0 Å². The van der Waals surface area contributed by atoms with Gasteiger partial charge in [-0.1, -0.05) is 11.6 Å². The maximum Gasteiger partial charge on any atom is 0.455 e. The minimum atomic E-state index is -5.99. The summed E-state index contributed by atoms with van der Waals surface area (Å²) in [7, 11) is -5.99. The van der Waals surface area contributed by atoms with Crippen LogP contribution in [0.1, 0.15) is 0 Å². The fourth-order valence-electron chi connectivity index (χ4n) is 0.146. The molecule has 0 aliphatic rings. The highest BCUT2D eigenvalue weighted by molar-refractivity contribution is 7.88. The zero-order chi connectivity index (χ0) is 9.50. The van der Waals surface area contributed by atoms with Gasteiger partial charge in [0.2, 0.25) is 0 Å². The summed E-state index contributed by atoms with van der Waals surface area (Å²) >= 11 is 3.86. The van der Waals surface area contributed by atoms with Gasteiger partial charge in [0.1, 0.15) is 0 Å². The van der Waals surface area contributed by atoms with E-state index in [1.165, 1.54) is 0 Å². The van der Waals surface area contributed by atoms with Gasteiger partial charge in [-0.05, 0) is 0 Å². The Kier molecular flexibility index (Phi) is 2.44. The molecule has 0 saturated carbocycles. The van der Waals surface area contributed by atoms with Crippen LogP contribution in [0.2, 0.25) is 0 Å². The molecule has 68 valence electrons. The summed E-state index contributed by atoms with van der Waals surface area (Å²) in [6.45, 7) is 0. The fraction of sp³-hybridized carbons (Fsp3) is 1.00. The van der Waals surface area contributed by atoms with Gasteiger partial charge in [-0.15, -0.1) is 0 Å². The predicted molar refractivity (Wildman–Crippen MR) is 27.3 cm³/mol. The van der Waals surface area contributed by atoms with Crippen molar-refractivity contribution in [2.45, 2.75) is 10.6 Å². The van der Waals surface area contributed by atoms with Crippen molar-refractivity contribution >= 4 is 21.7 Å². The average molecular weight is 217 g/mol. The average Bonchev–Trinajstić information content (AvgIpc) is 1.58. The van der Waals surface area contributed by atoms with Gasteiger partial charge in [0.15, 0.2) is 0 Å². The van der Waals surface area contributed by atoms with E-state index in [4.69, 9.17) is 4.55 Å². The Bertz CT molecular complexity index is 241. The van der Waals surface area contributed by atoms with Crippen molar-refractivity contribution in [3.8, 4) is 0 Å². The number of hydrogen-bond acceptors (Lipinski definition) is 2. The molecule has 1 unspecified atom stereocenters. The lowest BCUT2D eigenvalue weighted by Gasteiger charge is -2.16. The second kappa shape index (κ2) is 2.46. The number of rotatable bonds is 1. The molecule has 11 heavy (non-hydrogen) atoms. The van der Waals surface area contributed by atoms with Gasteiger partial charge in [0, 0.05) is 0 Å². The van der Waals surface area contributed by atoms with Crippen molar-refractivity contribution in [2.75, 3.05) is 0 Å². The molecule has 0 radical (unpaired) electrons. The van der Waals surface area contributed by atoms with Crippen LogP contribution in [0, 0.1) is 0 Å². The SMILES string of the molecule is O=S(=O)(O)C(F)(Cl)C(F)(F)F. The molecule has 0 aromatic rings. The monoisotopic (exact) mass is 216 g/mol. The van der Waals surface area contributed by atoms with Crippen LogP contribution in [0.15, 0.2) is 0 Å². The Balaban J connectivity index is 5.08. The molecule has 0 bridgehead atoms. The minimum Gasteiger partial charge on any atom is -0.282 e. The van der Waals surface area contributed by atoms with E-state index in [1.54, 1.807) is 0 Å². The zero-order valence-electron chi connectivity index (χ0n) is 4.56. The van der Waals surface area contributed by atoms with E-state index < -0.39 is 20.8 Å². The molecule has 0 amide bonds. The van der Waals surface area contributed by atoms with Crippen LogP contribution < -0.4 is 0 Å². The number of hydrogen-bond donors (Lipinski definition) is 1. The number of alkyl halides is 5. The molecule has 0 aliphatic heterocycles. The Labute approximate surface area is 63.7 Å². The standard InChI is InChI=1S/C2HClF4O3S/c3-1(4,2(5,6)7)11(8,9)10/h(H,8,9,10). The second-order valence-corrected chi connectivity index (χ2v) is 3.75. The summed E-state index contributed by atoms with van der Waals surface area (Å²) in [6.07, 6.45) is -5.86. The summed E-state index contributed by atoms with van der Waals surface area (Å²) in [5.74, 6) is 0. The molecule has 9 heteroatoms. The second-order valence-electron chi connectivity index (χ2n) is 1.49. The Hall–Kier alpha value is -0.0800. The summed E-state index contributed by atoms with van der Waals surface area (Å²) in [4.78, 5) is 0. The molecule has 1 atom stereocenters. The predicted octanol–water partition coefficient (Wildman–Crippen LogP) is 1.30. The van der Waals surface area contributed by atoms with E-state index in [1.807, 2.05) is 0 Å². The van der Waals surface area contributed by atoms with Gasteiger partial charge in [-0.3, -0.25) is 4.55 Å². The minimum absolute atomic E-state index is 3.86. The molecule has 0 fully saturated rings. The molecular formula is C2HClF4O3S. The van der Waals surface area contributed by atoms with Crippen LogP contribution in [-0.4, -0.2) is 23.6 Å². The van der Waals surface area contributed by atoms with Gasteiger partial charge in [0.25, 0.3) is 0 Å². The molecule has 3 nitrogen and oxygen atoms in total. The van der Waals surface area contributed by atoms with Gasteiger partial charge in [-0.25, -0.2) is 0 Å². The first-order valence-electron chi connectivity index (χ1n) is 1.91. The van der Waals surface area contributed by atoms with Crippen LogP contribution in [0.5, 0.6) is 0 Å². The highest BCUT2D eigenvalue weighted by Gasteiger charge is 2.64. The van der Waals surface area contributed by atoms with Crippen molar-refractivity contribution < 1.29 is 30.5 Å². The van der Waals surface area contributed by atoms with E-state index in [0.29, 0.717) is 0 Å². The van der Waals surface area contributed by atoms with E-state index in [2.05, 4.69) is 11.6 Å². The third kappa shape index (κ3) is 1.94. The molecule has 0 aromatic carbocycles. The van der Waals surface area contributed by atoms with Gasteiger partial charge in [0.05, 0.1) is 0 Å². The molecule has 0 aliphatic carbocycles. The first-order chi connectivity index (χ1) is 4.50. The first-order valence-corrected chi connectivity index (χ1v) is 3.73. The van der Waals surface area contributed by atoms with Crippen LogP contribution in [0.3, 0.4) is 0 Å². The molecule has 1 N–H and O–H groups in total. The number of halogens is 5. The summed E-state index contributed by atoms with van der Waals surface area (Å²) in [6, 6.07) is 0. The van der Waals surface area contributed by atoms with E-state index in [-0.39, 0.29) is 0 Å². The smallest absolute Gasteiger partial charge is 0.282 e. The van der Waals surface area contributed by atoms with Gasteiger partial charge >= 0.3 is 20.8 Å². The van der Waals surface area contributed by atoms with Crippen molar-refractivity contribution in [3.63, 3.8) is 0 Å². The molecule has 0 heterocycles. The quantitative estimate of drug-likeness (QED) is 0.408. The lowest BCUT2D eigenvalue weighted by molar-refractivity contribution is -0.172. The molecule has 0 spiro atoms. The van der Waals surface area contributed by atoms with E-state index in [0.717, 1.165) is 0 Å². The lowest BCUT2D eigenvalue weighted by Crippen LogP contribution is -2.42. The summed E-state index contributed by atoms with van der Waals surface area (Å²) in [5.41, 5.74) is 0. The highest BCUT2D eigenvalue weighted by atomic mass is 35.5. The van der Waals surface area contributed by atoms with Crippen LogP contribution in [0.4, 0.5) is 17.6 Å². The molecular weight excluding hydrogens is 216 g/mol. The fourth-order valence-corrected chi connectivity index (χ4v) is 0.439. The summed E-state index contributed by atoms with van der Waals surface area (Å²) < 4.78 is 67.5. The normalized spacial score (nSPS) is 19.5. The van der Waals surface area contributed by atoms with Crippen LogP contribution in [0.25, 0.3) is 0 Å². The maximum absolute atomic E-state index is 11.9. The van der Waals surface area contributed by atoms with Gasteiger partial charge < -0.3 is 0 Å². The lowest BCUT2D eigenvalue weighted by atomic mass is 10.7. The Morgan fingerprint density at radius 2 is 1.45 bits per heavy atom. The maximum atomic E-state index is 11.9. The van der Waals surface area contributed by atoms with Gasteiger partial charge in [-0.2, -0.15) is 26.0 Å².